The van der Waals surface area contributed by atoms with Crippen LogP contribution in [0.1, 0.15) is 42.9 Å². The van der Waals surface area contributed by atoms with E-state index in [2.05, 4.69) is 17.1 Å². The molecule has 0 bridgehead atoms. The third-order valence-corrected chi connectivity index (χ3v) is 6.92. The highest BCUT2D eigenvalue weighted by Gasteiger charge is 2.37. The van der Waals surface area contributed by atoms with Crippen molar-refractivity contribution in [1.82, 2.24) is 4.90 Å². The number of nitrogens with one attached hydrogen (secondary N) is 1. The van der Waals surface area contributed by atoms with Gasteiger partial charge in [0.2, 0.25) is 0 Å². The second-order valence-electron chi connectivity index (χ2n) is 9.33. The van der Waals surface area contributed by atoms with Crippen LogP contribution in [0.5, 0.6) is 11.5 Å². The summed E-state index contributed by atoms with van der Waals surface area (Å²) in [7, 11) is 0. The van der Waals surface area contributed by atoms with Crippen LogP contribution in [0.15, 0.2) is 36.4 Å². The minimum absolute atomic E-state index is 0.0465. The standard InChI is InChI=1S/C26H33N3O5/c1-2-10-29-11-4-6-18-14-20-17(15-22(18)29)8-9-23(30)24(20)34-26(33)28-19-7-3-5-16(12-19)13-21(27)25(31)32/h3,5,7-9,12,18,21-22,30H,2,4,6,10-11,13-15,27H2,1H3,(H,28,33)(H,31,32)/t18-,21+,22-/m1/s1. The molecule has 0 spiro atoms. The Hall–Kier alpha value is -3.10. The molecule has 34 heavy (non-hydrogen) atoms. The number of carbonyl (C=O) groups is 2. The number of hydrogen-bond acceptors (Lipinski definition) is 6. The number of phenolic OH excluding ortho intramolecular Hbond substituents is 1. The van der Waals surface area contributed by atoms with Crippen LogP contribution in [0, 0.1) is 5.92 Å². The van der Waals surface area contributed by atoms with E-state index in [-0.39, 0.29) is 17.9 Å². The Kier molecular flexibility index (Phi) is 7.38. The first kappa shape index (κ1) is 24.0. The van der Waals surface area contributed by atoms with Crippen LogP contribution in [-0.2, 0) is 24.1 Å². The minimum Gasteiger partial charge on any atom is -0.504 e. The maximum Gasteiger partial charge on any atom is 0.417 e. The summed E-state index contributed by atoms with van der Waals surface area (Å²) in [5.41, 5.74) is 8.80. The van der Waals surface area contributed by atoms with Gasteiger partial charge in [-0.2, -0.15) is 0 Å². The lowest BCUT2D eigenvalue weighted by Gasteiger charge is -2.45. The molecule has 3 atom stereocenters. The Bertz CT molecular complexity index is 1050. The quantitative estimate of drug-likeness (QED) is 0.491. The maximum absolute atomic E-state index is 12.7. The number of carbonyl (C=O) groups excluding carboxylic acids is 1. The first-order chi connectivity index (χ1) is 16.4. The lowest BCUT2D eigenvalue weighted by Crippen LogP contribution is -2.49. The van der Waals surface area contributed by atoms with E-state index in [4.69, 9.17) is 15.6 Å². The molecule has 4 rings (SSSR count). The number of aliphatic carboxylic acids is 1. The lowest BCUT2D eigenvalue weighted by molar-refractivity contribution is -0.138. The van der Waals surface area contributed by atoms with Crippen molar-refractivity contribution < 1.29 is 24.5 Å². The number of likely N-dealkylation sites (tertiary alicyclic amines) is 1. The van der Waals surface area contributed by atoms with Gasteiger partial charge in [-0.1, -0.05) is 25.1 Å². The molecular formula is C26H33N3O5. The summed E-state index contributed by atoms with van der Waals surface area (Å²) >= 11 is 0. The maximum atomic E-state index is 12.7. The Balaban J connectivity index is 1.48. The van der Waals surface area contributed by atoms with Gasteiger partial charge >= 0.3 is 12.1 Å². The van der Waals surface area contributed by atoms with Gasteiger partial charge < -0.3 is 20.7 Å². The Labute approximate surface area is 199 Å². The van der Waals surface area contributed by atoms with E-state index in [1.807, 2.05) is 6.07 Å². The average Bonchev–Trinajstić information content (AvgIpc) is 2.80. The number of amides is 1. The Morgan fingerprint density at radius 2 is 2.09 bits per heavy atom. The van der Waals surface area contributed by atoms with Crippen LogP contribution in [0.3, 0.4) is 0 Å². The van der Waals surface area contributed by atoms with Crippen molar-refractivity contribution in [3.63, 3.8) is 0 Å². The van der Waals surface area contributed by atoms with Crippen molar-refractivity contribution in [3.05, 3.63) is 53.1 Å². The van der Waals surface area contributed by atoms with Crippen LogP contribution in [0.25, 0.3) is 0 Å². The first-order valence-electron chi connectivity index (χ1n) is 12.0. The minimum atomic E-state index is -1.08. The van der Waals surface area contributed by atoms with Gasteiger partial charge in [-0.25, -0.2) is 4.79 Å². The van der Waals surface area contributed by atoms with Gasteiger partial charge in [0.25, 0.3) is 0 Å². The number of hydrogen-bond donors (Lipinski definition) is 4. The molecule has 1 aliphatic carbocycles. The molecule has 0 aromatic heterocycles. The van der Waals surface area contributed by atoms with Crippen LogP contribution in [-0.4, -0.2) is 52.3 Å². The molecule has 1 aliphatic heterocycles. The van der Waals surface area contributed by atoms with E-state index in [1.165, 1.54) is 0 Å². The number of fused-ring (bicyclic) bond motifs is 2. The molecular weight excluding hydrogens is 434 g/mol. The van der Waals surface area contributed by atoms with E-state index >= 15 is 0 Å². The van der Waals surface area contributed by atoms with Gasteiger partial charge in [-0.3, -0.25) is 15.0 Å². The molecule has 182 valence electrons. The second-order valence-corrected chi connectivity index (χ2v) is 9.33. The molecule has 0 unspecified atom stereocenters. The number of nitrogens with two attached hydrogens (primary N) is 1. The Morgan fingerprint density at radius 1 is 1.26 bits per heavy atom. The molecule has 8 nitrogen and oxygen atoms in total. The lowest BCUT2D eigenvalue weighted by atomic mass is 9.75. The smallest absolute Gasteiger partial charge is 0.417 e. The monoisotopic (exact) mass is 467 g/mol. The number of anilines is 1. The van der Waals surface area contributed by atoms with E-state index < -0.39 is 18.1 Å². The van der Waals surface area contributed by atoms with Crippen LogP contribution in [0.4, 0.5) is 10.5 Å². The fourth-order valence-electron chi connectivity index (χ4n) is 5.34. The number of piperidine rings is 1. The van der Waals surface area contributed by atoms with E-state index in [9.17, 15) is 14.7 Å². The zero-order valence-corrected chi connectivity index (χ0v) is 19.5. The summed E-state index contributed by atoms with van der Waals surface area (Å²) in [4.78, 5) is 26.3. The van der Waals surface area contributed by atoms with Gasteiger partial charge in [0.1, 0.15) is 6.04 Å². The summed E-state index contributed by atoms with van der Waals surface area (Å²) in [6.07, 6.45) is 4.53. The summed E-state index contributed by atoms with van der Waals surface area (Å²) in [6.45, 7) is 4.43. The fourth-order valence-corrected chi connectivity index (χ4v) is 5.34. The van der Waals surface area contributed by atoms with Gasteiger partial charge in [-0.05, 0) is 86.9 Å². The van der Waals surface area contributed by atoms with E-state index in [1.54, 1.807) is 30.3 Å². The third-order valence-electron chi connectivity index (χ3n) is 6.92. The third kappa shape index (κ3) is 5.34. The van der Waals surface area contributed by atoms with Gasteiger partial charge in [0, 0.05) is 17.3 Å². The van der Waals surface area contributed by atoms with Crippen LogP contribution in [0.2, 0.25) is 0 Å². The zero-order chi connectivity index (χ0) is 24.2. The highest BCUT2D eigenvalue weighted by molar-refractivity contribution is 5.87. The second kappa shape index (κ2) is 10.4. The number of aromatic hydroxyl groups is 1. The first-order valence-corrected chi connectivity index (χ1v) is 12.0. The molecule has 1 heterocycles. The molecule has 1 amide bonds. The summed E-state index contributed by atoms with van der Waals surface area (Å²) in [6, 6.07) is 9.83. The van der Waals surface area contributed by atoms with Crippen LogP contribution < -0.4 is 15.8 Å². The molecule has 1 saturated heterocycles. The van der Waals surface area contributed by atoms with Crippen molar-refractivity contribution in [2.24, 2.45) is 11.7 Å². The largest absolute Gasteiger partial charge is 0.504 e. The van der Waals surface area contributed by atoms with Gasteiger partial charge in [-0.15, -0.1) is 0 Å². The molecule has 0 saturated carbocycles. The summed E-state index contributed by atoms with van der Waals surface area (Å²) in [5, 5.41) is 22.2. The van der Waals surface area contributed by atoms with Gasteiger partial charge in [0.05, 0.1) is 0 Å². The highest BCUT2D eigenvalue weighted by atomic mass is 16.6. The molecule has 5 N–H and O–H groups in total. The number of carboxylic acids is 1. The predicted octanol–water partition coefficient (Wildman–Crippen LogP) is 3.55. The molecule has 2 aromatic rings. The summed E-state index contributed by atoms with van der Waals surface area (Å²) in [5.74, 6) is -0.421. The average molecular weight is 468 g/mol. The normalized spacial score (nSPS) is 20.6. The number of phenols is 1. The number of nitrogens with zero attached hydrogens (tertiary/aromatic N) is 1. The van der Waals surface area contributed by atoms with Crippen molar-refractivity contribution >= 4 is 17.7 Å². The zero-order valence-electron chi connectivity index (χ0n) is 19.5. The van der Waals surface area contributed by atoms with Gasteiger partial charge in [0.15, 0.2) is 11.5 Å². The predicted molar refractivity (Wildman–Crippen MR) is 129 cm³/mol. The van der Waals surface area contributed by atoms with E-state index in [0.29, 0.717) is 23.2 Å². The van der Waals surface area contributed by atoms with Crippen molar-refractivity contribution in [1.29, 1.82) is 0 Å². The topological polar surface area (TPSA) is 125 Å². The highest BCUT2D eigenvalue weighted by Crippen LogP contribution is 2.42. The molecule has 8 heteroatoms. The van der Waals surface area contributed by atoms with Crippen molar-refractivity contribution in [2.75, 3.05) is 18.4 Å². The number of benzene rings is 2. The molecule has 0 radical (unpaired) electrons. The number of ether oxygens (including phenoxy) is 1. The SMILES string of the molecule is CCCN1CCC[C@@H]2Cc3c(ccc(O)c3OC(=O)Nc3cccc(C[C@H](N)C(=O)O)c3)C[C@H]21. The van der Waals surface area contributed by atoms with Crippen LogP contribution >= 0.6 is 0 Å². The fraction of sp³-hybridized carbons (Fsp3) is 0.462. The number of carboxylic acid groups (broad SMARTS) is 1. The molecule has 2 aromatic carbocycles. The molecule has 2 aliphatic rings. The van der Waals surface area contributed by atoms with Crippen molar-refractivity contribution in [3.8, 4) is 11.5 Å². The van der Waals surface area contributed by atoms with E-state index in [0.717, 1.165) is 56.3 Å². The van der Waals surface area contributed by atoms with Crippen molar-refractivity contribution in [2.45, 2.75) is 57.5 Å². The molecule has 1 fully saturated rings. The Morgan fingerprint density at radius 3 is 2.85 bits per heavy atom. The number of rotatable bonds is 7. The summed E-state index contributed by atoms with van der Waals surface area (Å²) < 4.78 is 5.63.